The molecule has 2 aliphatic heterocycles. The second kappa shape index (κ2) is 10.4. The van der Waals surface area contributed by atoms with E-state index in [0.717, 1.165) is 43.4 Å². The summed E-state index contributed by atoms with van der Waals surface area (Å²) in [4.78, 5) is 12.6. The van der Waals surface area contributed by atoms with Gasteiger partial charge in [0.1, 0.15) is 23.8 Å². The van der Waals surface area contributed by atoms with Gasteiger partial charge >= 0.3 is 0 Å². The number of anilines is 1. The second-order valence-electron chi connectivity index (χ2n) is 9.82. The normalized spacial score (nSPS) is 25.9. The Morgan fingerprint density at radius 3 is 2.56 bits per heavy atom. The number of nitrogens with one attached hydrogen (secondary N) is 2. The molecule has 10 heteroatoms. The van der Waals surface area contributed by atoms with Gasteiger partial charge < -0.3 is 19.9 Å². The van der Waals surface area contributed by atoms with Gasteiger partial charge in [-0.05, 0) is 61.7 Å². The minimum absolute atomic E-state index is 0.0472. The van der Waals surface area contributed by atoms with Crippen molar-refractivity contribution < 1.29 is 32.2 Å². The number of hydrogen-bond acceptors (Lipinski definition) is 6. The van der Waals surface area contributed by atoms with Gasteiger partial charge in [-0.15, -0.1) is 0 Å². The lowest BCUT2D eigenvalue weighted by atomic mass is 9.84. The minimum Gasteiger partial charge on any atom is -0.487 e. The molecule has 194 valence electrons. The summed E-state index contributed by atoms with van der Waals surface area (Å²) in [6.45, 7) is -0.250. The summed E-state index contributed by atoms with van der Waals surface area (Å²) in [6, 6.07) is 9.82. The number of fused-ring (bicyclic) bond motifs is 3. The summed E-state index contributed by atoms with van der Waals surface area (Å²) in [5.74, 6) is -0.130. The zero-order chi connectivity index (χ0) is 25.3. The monoisotopic (exact) mass is 518 g/mol. The van der Waals surface area contributed by atoms with Crippen LogP contribution in [0.5, 0.6) is 5.75 Å². The van der Waals surface area contributed by atoms with E-state index >= 15 is 0 Å². The Morgan fingerprint density at radius 2 is 1.83 bits per heavy atom. The van der Waals surface area contributed by atoms with E-state index in [-0.39, 0.29) is 41.9 Å². The largest absolute Gasteiger partial charge is 0.487 e. The lowest BCUT2D eigenvalue weighted by Gasteiger charge is -2.37. The summed E-state index contributed by atoms with van der Waals surface area (Å²) in [5, 5.41) is 13.1. The summed E-state index contributed by atoms with van der Waals surface area (Å²) in [7, 11) is -3.91. The molecule has 3 N–H and O–H groups in total. The van der Waals surface area contributed by atoms with Gasteiger partial charge in [-0.25, -0.2) is 12.8 Å². The second-order valence-corrected chi connectivity index (χ2v) is 11.5. The Hall–Kier alpha value is -2.69. The Balaban J connectivity index is 1.30. The van der Waals surface area contributed by atoms with Crippen molar-refractivity contribution in [1.29, 1.82) is 0 Å². The first-order valence-electron chi connectivity index (χ1n) is 12.5. The smallest absolute Gasteiger partial charge is 0.261 e. The predicted molar refractivity (Wildman–Crippen MR) is 131 cm³/mol. The van der Waals surface area contributed by atoms with E-state index in [1.807, 2.05) is 0 Å². The Labute approximate surface area is 210 Å². The lowest BCUT2D eigenvalue weighted by Crippen LogP contribution is -2.48. The summed E-state index contributed by atoms with van der Waals surface area (Å²) >= 11 is 0. The van der Waals surface area contributed by atoms with E-state index in [1.165, 1.54) is 18.6 Å². The predicted octanol–water partition coefficient (Wildman–Crippen LogP) is 3.46. The first kappa shape index (κ1) is 25.0. The van der Waals surface area contributed by atoms with Crippen LogP contribution >= 0.6 is 0 Å². The van der Waals surface area contributed by atoms with Crippen molar-refractivity contribution >= 4 is 21.6 Å². The highest BCUT2D eigenvalue weighted by molar-refractivity contribution is 7.92. The Bertz CT molecular complexity index is 1200. The maximum absolute atomic E-state index is 13.2. The van der Waals surface area contributed by atoms with Gasteiger partial charge in [0.25, 0.3) is 10.0 Å². The zero-order valence-electron chi connectivity index (χ0n) is 19.9. The van der Waals surface area contributed by atoms with E-state index in [4.69, 9.17) is 9.47 Å². The van der Waals surface area contributed by atoms with Crippen molar-refractivity contribution in [3.63, 3.8) is 0 Å². The number of benzene rings is 2. The van der Waals surface area contributed by atoms with E-state index in [1.54, 1.807) is 18.2 Å². The first-order valence-corrected chi connectivity index (χ1v) is 14.0. The van der Waals surface area contributed by atoms with Crippen LogP contribution in [-0.4, -0.2) is 50.4 Å². The standard InChI is InChI=1S/C26H31FN2O6S/c27-16-6-9-20(10-7-16)36(32,33)29-18-8-11-23-21(12-18)22-13-19(34-24(15-30)26(22)35-23)14-25(31)28-17-4-2-1-3-5-17/h6-12,17,19,22,24,26,29-30H,1-5,13-15H2,(H,28,31)/t19-,22-,24-,26+/m0/s1. The van der Waals surface area contributed by atoms with Crippen LogP contribution in [0.3, 0.4) is 0 Å². The molecule has 5 rings (SSSR count). The van der Waals surface area contributed by atoms with Crippen molar-refractivity contribution in [2.45, 2.75) is 80.1 Å². The molecule has 2 heterocycles. The molecule has 2 fully saturated rings. The molecule has 1 aliphatic carbocycles. The third kappa shape index (κ3) is 5.35. The fraction of sp³-hybridized carbons (Fsp3) is 0.500. The van der Waals surface area contributed by atoms with Gasteiger partial charge in [0.15, 0.2) is 0 Å². The number of carbonyl (C=O) groups is 1. The fourth-order valence-electron chi connectivity index (χ4n) is 5.52. The molecule has 0 aromatic heterocycles. The molecule has 0 unspecified atom stereocenters. The number of hydrogen-bond donors (Lipinski definition) is 3. The number of rotatable bonds is 7. The van der Waals surface area contributed by atoms with Crippen LogP contribution in [0.25, 0.3) is 0 Å². The number of carbonyl (C=O) groups excluding carboxylic acids is 1. The molecule has 1 saturated heterocycles. The average molecular weight is 519 g/mol. The van der Waals surface area contributed by atoms with E-state index in [9.17, 15) is 22.7 Å². The van der Waals surface area contributed by atoms with Crippen molar-refractivity contribution in [2.24, 2.45) is 0 Å². The van der Waals surface area contributed by atoms with Crippen molar-refractivity contribution in [3.05, 3.63) is 53.8 Å². The van der Waals surface area contributed by atoms with Gasteiger partial charge in [-0.2, -0.15) is 0 Å². The van der Waals surface area contributed by atoms with Gasteiger partial charge in [0.2, 0.25) is 5.91 Å². The number of aliphatic hydroxyl groups is 1. The van der Waals surface area contributed by atoms with Gasteiger partial charge in [0.05, 0.1) is 24.0 Å². The topological polar surface area (TPSA) is 114 Å². The molecule has 2 aromatic rings. The minimum atomic E-state index is -3.91. The summed E-state index contributed by atoms with van der Waals surface area (Å²) in [6.07, 6.45) is 4.77. The average Bonchev–Trinajstić information content (AvgIpc) is 3.22. The van der Waals surface area contributed by atoms with Gasteiger partial charge in [-0.1, -0.05) is 19.3 Å². The van der Waals surface area contributed by atoms with Crippen LogP contribution in [0.15, 0.2) is 47.4 Å². The summed E-state index contributed by atoms with van der Waals surface area (Å²) in [5.41, 5.74) is 1.15. The van der Waals surface area contributed by atoms with E-state index in [2.05, 4.69) is 10.0 Å². The highest BCUT2D eigenvalue weighted by Gasteiger charge is 2.46. The van der Waals surface area contributed by atoms with Crippen molar-refractivity contribution in [3.8, 4) is 5.75 Å². The van der Waals surface area contributed by atoms with Crippen LogP contribution < -0.4 is 14.8 Å². The third-order valence-electron chi connectivity index (χ3n) is 7.26. The number of amides is 1. The van der Waals surface area contributed by atoms with Gasteiger partial charge in [-0.3, -0.25) is 9.52 Å². The molecule has 1 amide bonds. The number of ether oxygens (including phenoxy) is 2. The molecule has 0 bridgehead atoms. The van der Waals surface area contributed by atoms with Crippen LogP contribution in [-0.2, 0) is 19.6 Å². The lowest BCUT2D eigenvalue weighted by molar-refractivity contribution is -0.142. The highest BCUT2D eigenvalue weighted by Crippen LogP contribution is 2.47. The maximum Gasteiger partial charge on any atom is 0.261 e. The van der Waals surface area contributed by atoms with Crippen molar-refractivity contribution in [1.82, 2.24) is 5.32 Å². The molecule has 2 aromatic carbocycles. The molecule has 1 saturated carbocycles. The van der Waals surface area contributed by atoms with Crippen LogP contribution in [0, 0.1) is 5.82 Å². The number of halogens is 1. The third-order valence-corrected chi connectivity index (χ3v) is 8.66. The summed E-state index contributed by atoms with van der Waals surface area (Å²) < 4.78 is 53.4. The zero-order valence-corrected chi connectivity index (χ0v) is 20.7. The molecule has 3 aliphatic rings. The molecule has 0 radical (unpaired) electrons. The highest BCUT2D eigenvalue weighted by atomic mass is 32.2. The first-order chi connectivity index (χ1) is 17.3. The molecule has 0 spiro atoms. The molecular formula is C26H31FN2O6S. The molecule has 8 nitrogen and oxygen atoms in total. The fourth-order valence-corrected chi connectivity index (χ4v) is 6.57. The SMILES string of the molecule is O=C(C[C@@H]1C[C@H]2c3cc(NS(=O)(=O)c4ccc(F)cc4)ccc3O[C@H]2[C@H](CO)O1)NC1CCCCC1. The van der Waals surface area contributed by atoms with Crippen molar-refractivity contribution in [2.75, 3.05) is 11.3 Å². The number of aliphatic hydroxyl groups excluding tert-OH is 1. The maximum atomic E-state index is 13.2. The molecular weight excluding hydrogens is 487 g/mol. The Morgan fingerprint density at radius 1 is 1.08 bits per heavy atom. The Kier molecular flexibility index (Phi) is 7.18. The molecule has 36 heavy (non-hydrogen) atoms. The van der Waals surface area contributed by atoms with E-state index in [0.29, 0.717) is 17.9 Å². The van der Waals surface area contributed by atoms with Crippen LogP contribution in [0.4, 0.5) is 10.1 Å². The van der Waals surface area contributed by atoms with Crippen LogP contribution in [0.2, 0.25) is 0 Å². The number of sulfonamides is 1. The molecule has 4 atom stereocenters. The van der Waals surface area contributed by atoms with Gasteiger partial charge in [0, 0.05) is 23.2 Å². The quantitative estimate of drug-likeness (QED) is 0.517. The van der Waals surface area contributed by atoms with E-state index < -0.39 is 28.0 Å². The van der Waals surface area contributed by atoms with Crippen LogP contribution in [0.1, 0.15) is 56.4 Å².